The van der Waals surface area contributed by atoms with Gasteiger partial charge in [0.05, 0.1) is 24.1 Å². The molecule has 1 aromatic rings. The van der Waals surface area contributed by atoms with E-state index in [2.05, 4.69) is 10.3 Å². The van der Waals surface area contributed by atoms with E-state index in [-0.39, 0.29) is 13.1 Å². The second kappa shape index (κ2) is 7.06. The first-order valence-electron chi connectivity index (χ1n) is 7.39. The Labute approximate surface area is 140 Å². The van der Waals surface area contributed by atoms with Gasteiger partial charge < -0.3 is 10.4 Å². The lowest BCUT2D eigenvalue weighted by Gasteiger charge is -2.18. The highest BCUT2D eigenvalue weighted by molar-refractivity contribution is 7.15. The topological polar surface area (TPSA) is 82.5 Å². The molecular formula is C14H18F3N3O3S. The molecule has 134 valence electrons. The van der Waals surface area contributed by atoms with E-state index in [4.69, 9.17) is 5.11 Å². The molecule has 2 atom stereocenters. The molecule has 24 heavy (non-hydrogen) atoms. The number of nitrogens with one attached hydrogen (secondary N) is 1. The van der Waals surface area contributed by atoms with Crippen LogP contribution in [0.25, 0.3) is 0 Å². The van der Waals surface area contributed by atoms with E-state index in [0.717, 1.165) is 17.0 Å². The van der Waals surface area contributed by atoms with Crippen molar-refractivity contribution in [3.8, 4) is 0 Å². The summed E-state index contributed by atoms with van der Waals surface area (Å²) in [5, 5.41) is 11.9. The Balaban J connectivity index is 1.98. The van der Waals surface area contributed by atoms with Gasteiger partial charge in [-0.3, -0.25) is 14.5 Å². The summed E-state index contributed by atoms with van der Waals surface area (Å²) in [6.07, 6.45) is -3.88. The molecule has 0 unspecified atom stereocenters. The van der Waals surface area contributed by atoms with Gasteiger partial charge in [-0.15, -0.1) is 11.3 Å². The number of halogens is 3. The first-order valence-corrected chi connectivity index (χ1v) is 8.21. The number of carboxylic acid groups (broad SMARTS) is 1. The van der Waals surface area contributed by atoms with Crippen LogP contribution in [0.1, 0.15) is 17.5 Å². The molecule has 0 aliphatic carbocycles. The number of aryl methyl sites for hydroxylation is 2. The summed E-state index contributed by atoms with van der Waals surface area (Å²) in [6, 6.07) is 0. The van der Waals surface area contributed by atoms with Gasteiger partial charge in [0.15, 0.2) is 5.13 Å². The van der Waals surface area contributed by atoms with Gasteiger partial charge >= 0.3 is 12.1 Å². The molecule has 10 heteroatoms. The van der Waals surface area contributed by atoms with E-state index >= 15 is 0 Å². The molecule has 1 amide bonds. The molecule has 1 saturated heterocycles. The SMILES string of the molecule is CCc1nc(NC(=O)CN2C[C@@H](C(F)(F)F)[C@H](C(=O)O)C2)sc1C. The van der Waals surface area contributed by atoms with Gasteiger partial charge in [0.1, 0.15) is 0 Å². The molecule has 0 bridgehead atoms. The van der Waals surface area contributed by atoms with Gasteiger partial charge in [-0.25, -0.2) is 4.98 Å². The molecule has 0 aromatic carbocycles. The molecule has 1 aliphatic heterocycles. The Kier molecular flexibility index (Phi) is 5.49. The number of nitrogens with zero attached hydrogens (tertiary/aromatic N) is 2. The van der Waals surface area contributed by atoms with Crippen LogP contribution in [-0.2, 0) is 16.0 Å². The third kappa shape index (κ3) is 4.23. The zero-order chi connectivity index (χ0) is 18.1. The Hall–Kier alpha value is -1.68. The quantitative estimate of drug-likeness (QED) is 0.836. The van der Waals surface area contributed by atoms with Crippen LogP contribution in [-0.4, -0.2) is 52.7 Å². The average molecular weight is 365 g/mol. The lowest BCUT2D eigenvalue weighted by atomic mass is 9.96. The molecule has 6 nitrogen and oxygen atoms in total. The predicted octanol–water partition coefficient (Wildman–Crippen LogP) is 2.15. The molecule has 2 heterocycles. The third-order valence-electron chi connectivity index (χ3n) is 3.97. The minimum Gasteiger partial charge on any atom is -0.481 e. The van der Waals surface area contributed by atoms with Gasteiger partial charge in [-0.1, -0.05) is 6.92 Å². The van der Waals surface area contributed by atoms with Crippen molar-refractivity contribution >= 4 is 28.3 Å². The van der Waals surface area contributed by atoms with Crippen LogP contribution in [0.4, 0.5) is 18.3 Å². The Morgan fingerprint density at radius 1 is 1.42 bits per heavy atom. The number of aliphatic carboxylic acids is 1. The molecule has 2 rings (SSSR count). The monoisotopic (exact) mass is 365 g/mol. The van der Waals surface area contributed by atoms with Gasteiger partial charge in [0.25, 0.3) is 0 Å². The molecule has 0 saturated carbocycles. The van der Waals surface area contributed by atoms with Crippen molar-refractivity contribution < 1.29 is 27.9 Å². The van der Waals surface area contributed by atoms with Gasteiger partial charge in [0.2, 0.25) is 5.91 Å². The summed E-state index contributed by atoms with van der Waals surface area (Å²) in [5.41, 5.74) is 0.861. The minimum atomic E-state index is -4.60. The molecule has 1 fully saturated rings. The molecule has 0 spiro atoms. The van der Waals surface area contributed by atoms with Crippen LogP contribution < -0.4 is 5.32 Å². The van der Waals surface area contributed by atoms with E-state index in [9.17, 15) is 22.8 Å². The zero-order valence-electron chi connectivity index (χ0n) is 13.2. The maximum atomic E-state index is 12.9. The lowest BCUT2D eigenvalue weighted by Crippen LogP contribution is -2.34. The number of carboxylic acids is 1. The highest BCUT2D eigenvalue weighted by Crippen LogP contribution is 2.37. The summed E-state index contributed by atoms with van der Waals surface area (Å²) in [6.45, 7) is 2.71. The third-order valence-corrected chi connectivity index (χ3v) is 4.90. The Morgan fingerprint density at radius 2 is 2.08 bits per heavy atom. The van der Waals surface area contributed by atoms with Crippen LogP contribution in [0, 0.1) is 18.8 Å². The van der Waals surface area contributed by atoms with Crippen molar-refractivity contribution in [2.75, 3.05) is 25.0 Å². The second-order valence-electron chi connectivity index (χ2n) is 5.71. The van der Waals surface area contributed by atoms with Crippen molar-refractivity contribution in [2.45, 2.75) is 26.4 Å². The highest BCUT2D eigenvalue weighted by Gasteiger charge is 2.52. The molecular weight excluding hydrogens is 347 g/mol. The van der Waals surface area contributed by atoms with Gasteiger partial charge in [0, 0.05) is 18.0 Å². The fourth-order valence-electron chi connectivity index (χ4n) is 2.77. The summed E-state index contributed by atoms with van der Waals surface area (Å²) in [5.74, 6) is -5.51. The Bertz CT molecular complexity index is 633. The van der Waals surface area contributed by atoms with Gasteiger partial charge in [-0.05, 0) is 13.3 Å². The zero-order valence-corrected chi connectivity index (χ0v) is 14.0. The first-order chi connectivity index (χ1) is 11.1. The number of likely N-dealkylation sites (tertiary alicyclic amines) is 1. The number of carbonyl (C=O) groups is 2. The van der Waals surface area contributed by atoms with Crippen molar-refractivity contribution in [3.63, 3.8) is 0 Å². The summed E-state index contributed by atoms with van der Waals surface area (Å²) < 4.78 is 38.7. The molecule has 2 N–H and O–H groups in total. The van der Waals surface area contributed by atoms with E-state index in [1.54, 1.807) is 0 Å². The smallest absolute Gasteiger partial charge is 0.393 e. The molecule has 1 aromatic heterocycles. The lowest BCUT2D eigenvalue weighted by molar-refractivity contribution is -0.188. The standard InChI is InChI=1S/C14H18F3N3O3S/c1-3-10-7(2)24-13(18-10)19-11(21)6-20-4-8(12(22)23)9(5-20)14(15,16)17/h8-9H,3-6H2,1-2H3,(H,22,23)(H,18,19,21)/t8-,9-/m1/s1. The average Bonchev–Trinajstić information content (AvgIpc) is 3.02. The maximum Gasteiger partial charge on any atom is 0.393 e. The number of hydrogen-bond donors (Lipinski definition) is 2. The number of rotatable bonds is 5. The number of aromatic nitrogens is 1. The van der Waals surface area contributed by atoms with E-state index in [0.29, 0.717) is 5.13 Å². The number of thiazole rings is 1. The van der Waals surface area contributed by atoms with Crippen molar-refractivity contribution in [2.24, 2.45) is 11.8 Å². The molecule has 0 radical (unpaired) electrons. The maximum absolute atomic E-state index is 12.9. The van der Waals surface area contributed by atoms with Crippen molar-refractivity contribution in [1.29, 1.82) is 0 Å². The largest absolute Gasteiger partial charge is 0.481 e. The van der Waals surface area contributed by atoms with E-state index in [1.807, 2.05) is 13.8 Å². The minimum absolute atomic E-state index is 0.295. The highest BCUT2D eigenvalue weighted by atomic mass is 32.1. The fourth-order valence-corrected chi connectivity index (χ4v) is 3.69. The first kappa shape index (κ1) is 18.7. The summed E-state index contributed by atoms with van der Waals surface area (Å²) in [7, 11) is 0. The second-order valence-corrected chi connectivity index (χ2v) is 6.91. The molecule has 1 aliphatic rings. The normalized spacial score (nSPS) is 21.9. The number of alkyl halides is 3. The van der Waals surface area contributed by atoms with Crippen LogP contribution >= 0.6 is 11.3 Å². The van der Waals surface area contributed by atoms with Crippen molar-refractivity contribution in [3.05, 3.63) is 10.6 Å². The van der Waals surface area contributed by atoms with Crippen LogP contribution in [0.5, 0.6) is 0 Å². The van der Waals surface area contributed by atoms with E-state index in [1.165, 1.54) is 16.2 Å². The Morgan fingerprint density at radius 3 is 2.54 bits per heavy atom. The van der Waals surface area contributed by atoms with E-state index < -0.39 is 36.4 Å². The van der Waals surface area contributed by atoms with Gasteiger partial charge in [-0.2, -0.15) is 13.2 Å². The number of carbonyl (C=O) groups excluding carboxylic acids is 1. The number of amides is 1. The van der Waals surface area contributed by atoms with Crippen LogP contribution in [0.2, 0.25) is 0 Å². The van der Waals surface area contributed by atoms with Crippen LogP contribution in [0.3, 0.4) is 0 Å². The number of anilines is 1. The number of hydrogen-bond acceptors (Lipinski definition) is 5. The summed E-state index contributed by atoms with van der Waals surface area (Å²) >= 11 is 1.30. The van der Waals surface area contributed by atoms with Crippen LogP contribution in [0.15, 0.2) is 0 Å². The van der Waals surface area contributed by atoms with Crippen molar-refractivity contribution in [1.82, 2.24) is 9.88 Å². The summed E-state index contributed by atoms with van der Waals surface area (Å²) in [4.78, 5) is 29.4. The predicted molar refractivity (Wildman–Crippen MR) is 82.0 cm³/mol. The fraction of sp³-hybridized carbons (Fsp3) is 0.643.